The van der Waals surface area contributed by atoms with E-state index in [-0.39, 0.29) is 23.4 Å². The van der Waals surface area contributed by atoms with Gasteiger partial charge in [-0.3, -0.25) is 4.79 Å². The summed E-state index contributed by atoms with van der Waals surface area (Å²) < 4.78 is 33.1. The lowest BCUT2D eigenvalue weighted by Gasteiger charge is -2.32. The van der Waals surface area contributed by atoms with E-state index in [1.54, 1.807) is 12.1 Å². The summed E-state index contributed by atoms with van der Waals surface area (Å²) in [6.45, 7) is 3.42. The van der Waals surface area contributed by atoms with E-state index in [4.69, 9.17) is 4.74 Å². The van der Waals surface area contributed by atoms with E-state index in [0.29, 0.717) is 24.0 Å². The molecular formula is C20H18F2N2O2. The molecule has 1 aliphatic carbocycles. The second kappa shape index (κ2) is 7.50. The van der Waals surface area contributed by atoms with Gasteiger partial charge in [-0.2, -0.15) is 0 Å². The molecule has 1 aliphatic rings. The Kier molecular flexibility index (Phi) is 5.14. The molecule has 0 aromatic heterocycles. The Labute approximate surface area is 150 Å². The molecule has 0 radical (unpaired) electrons. The van der Waals surface area contributed by atoms with Gasteiger partial charge in [0.1, 0.15) is 5.82 Å². The number of hydrogen-bond acceptors (Lipinski definition) is 3. The third kappa shape index (κ3) is 3.65. The van der Waals surface area contributed by atoms with Gasteiger partial charge >= 0.3 is 0 Å². The van der Waals surface area contributed by atoms with Crippen LogP contribution in [0.2, 0.25) is 0 Å². The molecule has 0 unspecified atom stereocenters. The fourth-order valence-corrected chi connectivity index (χ4v) is 2.93. The zero-order valence-electron chi connectivity index (χ0n) is 14.3. The number of carbonyl (C=O) groups excluding carboxylic acids is 1. The van der Waals surface area contributed by atoms with Crippen molar-refractivity contribution >= 4 is 11.8 Å². The number of amides is 1. The lowest BCUT2D eigenvalue weighted by molar-refractivity contribution is 0.0906. The second-order valence-corrected chi connectivity index (χ2v) is 6.13. The molecular weight excluding hydrogens is 338 g/mol. The maximum Gasteiger partial charge on any atom is 0.254 e. The number of rotatable bonds is 5. The van der Waals surface area contributed by atoms with Crippen molar-refractivity contribution in [1.29, 1.82) is 0 Å². The zero-order valence-corrected chi connectivity index (χ0v) is 14.3. The van der Waals surface area contributed by atoms with E-state index in [2.05, 4.69) is 22.8 Å². The van der Waals surface area contributed by atoms with Gasteiger partial charge in [-0.25, -0.2) is 13.8 Å². The quantitative estimate of drug-likeness (QED) is 0.830. The number of ether oxygens (including phenoxy) is 1. The molecule has 6 heteroatoms. The summed E-state index contributed by atoms with van der Waals surface area (Å²) in [5, 5.41) is 2.78. The molecule has 0 aliphatic heterocycles. The van der Waals surface area contributed by atoms with Crippen molar-refractivity contribution < 1.29 is 18.3 Å². The van der Waals surface area contributed by atoms with Crippen molar-refractivity contribution in [3.8, 4) is 16.9 Å². The zero-order chi connectivity index (χ0) is 18.7. The van der Waals surface area contributed by atoms with Crippen LogP contribution in [-0.4, -0.2) is 31.0 Å². The predicted molar refractivity (Wildman–Crippen MR) is 95.7 cm³/mol. The van der Waals surface area contributed by atoms with Crippen LogP contribution in [0.5, 0.6) is 5.75 Å². The molecule has 0 spiro atoms. The van der Waals surface area contributed by atoms with Crippen LogP contribution >= 0.6 is 0 Å². The van der Waals surface area contributed by atoms with Crippen molar-refractivity contribution in [3.63, 3.8) is 0 Å². The van der Waals surface area contributed by atoms with E-state index in [9.17, 15) is 13.6 Å². The molecule has 0 saturated heterocycles. The average molecular weight is 356 g/mol. The van der Waals surface area contributed by atoms with Gasteiger partial charge < -0.3 is 10.1 Å². The minimum absolute atomic E-state index is 0.0284. The molecule has 0 bridgehead atoms. The minimum atomic E-state index is -0.656. The fraction of sp³-hybridized carbons (Fsp3) is 0.250. The minimum Gasteiger partial charge on any atom is -0.494 e. The lowest BCUT2D eigenvalue weighted by Crippen LogP contribution is -2.46. The summed E-state index contributed by atoms with van der Waals surface area (Å²) in [4.78, 5) is 16.2. The number of benzene rings is 2. The lowest BCUT2D eigenvalue weighted by atomic mass is 9.87. The third-order valence-electron chi connectivity index (χ3n) is 4.42. The number of hydrogen-bond donors (Lipinski definition) is 1. The Morgan fingerprint density at radius 1 is 1.19 bits per heavy atom. The summed E-state index contributed by atoms with van der Waals surface area (Å²) in [7, 11) is 1.37. The third-order valence-corrected chi connectivity index (χ3v) is 4.42. The molecule has 26 heavy (non-hydrogen) atoms. The highest BCUT2D eigenvalue weighted by Gasteiger charge is 2.30. The maximum atomic E-state index is 14.4. The van der Waals surface area contributed by atoms with Crippen LogP contribution in [0.4, 0.5) is 8.78 Å². The van der Waals surface area contributed by atoms with Crippen molar-refractivity contribution in [2.24, 2.45) is 4.99 Å². The summed E-state index contributed by atoms with van der Waals surface area (Å²) in [5.74, 6) is 0.940. The van der Waals surface area contributed by atoms with Gasteiger partial charge in [-0.15, -0.1) is 0 Å². The summed E-state index contributed by atoms with van der Waals surface area (Å²) in [6.07, 6.45) is 1.39. The number of methoxy groups -OCH3 is 1. The van der Waals surface area contributed by atoms with Gasteiger partial charge in [0.25, 0.3) is 5.91 Å². The van der Waals surface area contributed by atoms with Gasteiger partial charge in [-0.1, -0.05) is 12.1 Å². The Hall–Kier alpha value is -2.98. The smallest absolute Gasteiger partial charge is 0.254 e. The summed E-state index contributed by atoms with van der Waals surface area (Å²) in [5.41, 5.74) is 0.932. The highest BCUT2D eigenvalue weighted by atomic mass is 19.1. The van der Waals surface area contributed by atoms with E-state index >= 15 is 0 Å². The molecule has 2 aromatic rings. The first-order valence-electron chi connectivity index (χ1n) is 8.18. The van der Waals surface area contributed by atoms with Crippen molar-refractivity contribution in [1.82, 2.24) is 5.32 Å². The first-order valence-corrected chi connectivity index (χ1v) is 8.18. The molecule has 3 rings (SSSR count). The Morgan fingerprint density at radius 3 is 2.42 bits per heavy atom. The van der Waals surface area contributed by atoms with Crippen molar-refractivity contribution in [2.75, 3.05) is 7.11 Å². The van der Waals surface area contributed by atoms with Crippen LogP contribution in [0.3, 0.4) is 0 Å². The topological polar surface area (TPSA) is 50.7 Å². The maximum absolute atomic E-state index is 14.4. The molecule has 1 fully saturated rings. The normalized spacial score (nSPS) is 18.4. The SMILES string of the molecule is C=C=NC1CC(NC(=O)c2ccc(-c3ccc(OC)c(F)c3)cc2F)C1. The van der Waals surface area contributed by atoms with Crippen molar-refractivity contribution in [3.05, 3.63) is 60.2 Å². The van der Waals surface area contributed by atoms with E-state index in [0.717, 1.165) is 0 Å². The molecule has 1 amide bonds. The summed E-state index contributed by atoms with van der Waals surface area (Å²) in [6, 6.07) is 8.68. The number of nitrogens with zero attached hydrogens (tertiary/aromatic N) is 1. The molecule has 2 aromatic carbocycles. The van der Waals surface area contributed by atoms with Gasteiger partial charge in [0.2, 0.25) is 0 Å². The molecule has 1 N–H and O–H groups in total. The van der Waals surface area contributed by atoms with Gasteiger partial charge in [0.05, 0.1) is 18.7 Å². The second-order valence-electron chi connectivity index (χ2n) is 6.13. The molecule has 1 saturated carbocycles. The first-order chi connectivity index (χ1) is 12.5. The van der Waals surface area contributed by atoms with Gasteiger partial charge in [-0.05, 0) is 60.7 Å². The number of carbonyl (C=O) groups is 1. The molecule has 134 valence electrons. The number of aliphatic imine (C=N–C) groups is 1. The Balaban J connectivity index is 1.72. The number of nitrogens with one attached hydrogen (secondary N) is 1. The van der Waals surface area contributed by atoms with Gasteiger partial charge in [0.15, 0.2) is 11.6 Å². The van der Waals surface area contributed by atoms with Gasteiger partial charge in [0, 0.05) is 6.04 Å². The Bertz CT molecular complexity index is 885. The van der Waals surface area contributed by atoms with Crippen LogP contribution in [0.25, 0.3) is 11.1 Å². The Morgan fingerprint density at radius 2 is 1.85 bits per heavy atom. The van der Waals surface area contributed by atoms with Crippen LogP contribution in [0.15, 0.2) is 48.0 Å². The molecule has 4 nitrogen and oxygen atoms in total. The highest BCUT2D eigenvalue weighted by molar-refractivity contribution is 5.95. The molecule has 0 atom stereocenters. The van der Waals surface area contributed by atoms with Crippen LogP contribution < -0.4 is 10.1 Å². The van der Waals surface area contributed by atoms with E-state index < -0.39 is 17.5 Å². The van der Waals surface area contributed by atoms with Crippen LogP contribution in [0.1, 0.15) is 23.2 Å². The van der Waals surface area contributed by atoms with Crippen molar-refractivity contribution in [2.45, 2.75) is 24.9 Å². The summed E-state index contributed by atoms with van der Waals surface area (Å²) >= 11 is 0. The van der Waals surface area contributed by atoms with E-state index in [1.807, 2.05) is 0 Å². The standard InChI is InChI=1S/C20H18F2N2O2/c1-3-23-14-10-15(11-14)24-20(25)16-6-4-12(8-17(16)21)13-5-7-19(26-2)18(22)9-13/h4-9,14-15H,1,10-11H2,2H3,(H,24,25). The fourth-order valence-electron chi connectivity index (χ4n) is 2.93. The number of halogens is 2. The monoisotopic (exact) mass is 356 g/mol. The first kappa shape index (κ1) is 17.8. The molecule has 0 heterocycles. The largest absolute Gasteiger partial charge is 0.494 e. The average Bonchev–Trinajstić information content (AvgIpc) is 2.59. The predicted octanol–water partition coefficient (Wildman–Crippen LogP) is 3.76. The van der Waals surface area contributed by atoms with Crippen LogP contribution in [-0.2, 0) is 0 Å². The highest BCUT2D eigenvalue weighted by Crippen LogP contribution is 2.27. The van der Waals surface area contributed by atoms with Crippen LogP contribution in [0, 0.1) is 11.6 Å². The van der Waals surface area contributed by atoms with E-state index in [1.165, 1.54) is 31.4 Å².